The Kier molecular flexibility index (Phi) is 4.64. The zero-order valence-corrected chi connectivity index (χ0v) is 12.8. The van der Waals surface area contributed by atoms with Gasteiger partial charge in [0.2, 0.25) is 0 Å². The van der Waals surface area contributed by atoms with Gasteiger partial charge in [0.1, 0.15) is 5.75 Å². The molecule has 96 valence electrons. The number of nitrogens with two attached hydrogens (primary N) is 1. The SMILES string of the molecule is COc1ccc(Br)c(C(NN)c2ccc(Cl)s2)c1. The monoisotopic (exact) mass is 346 g/mol. The average molecular weight is 348 g/mol. The normalized spacial score (nSPS) is 12.4. The number of halogens is 2. The molecule has 18 heavy (non-hydrogen) atoms. The Morgan fingerprint density at radius 1 is 1.39 bits per heavy atom. The molecule has 0 saturated heterocycles. The summed E-state index contributed by atoms with van der Waals surface area (Å²) in [5.74, 6) is 6.45. The van der Waals surface area contributed by atoms with E-state index in [1.165, 1.54) is 11.3 Å². The molecule has 1 aromatic carbocycles. The van der Waals surface area contributed by atoms with Crippen LogP contribution < -0.4 is 16.0 Å². The van der Waals surface area contributed by atoms with Crippen LogP contribution in [0.5, 0.6) is 5.75 Å². The van der Waals surface area contributed by atoms with E-state index in [1.54, 1.807) is 7.11 Å². The van der Waals surface area contributed by atoms with Gasteiger partial charge in [0.05, 0.1) is 17.5 Å². The third-order valence-electron chi connectivity index (χ3n) is 2.56. The first kappa shape index (κ1) is 13.8. The molecule has 0 saturated carbocycles. The summed E-state index contributed by atoms with van der Waals surface area (Å²) >= 11 is 11.0. The fraction of sp³-hybridized carbons (Fsp3) is 0.167. The smallest absolute Gasteiger partial charge is 0.119 e. The van der Waals surface area contributed by atoms with E-state index < -0.39 is 0 Å². The van der Waals surface area contributed by atoms with Crippen LogP contribution in [0.15, 0.2) is 34.8 Å². The van der Waals surface area contributed by atoms with Crippen LogP contribution in [0.25, 0.3) is 0 Å². The van der Waals surface area contributed by atoms with Gasteiger partial charge in [0.25, 0.3) is 0 Å². The lowest BCUT2D eigenvalue weighted by Gasteiger charge is -2.17. The fourth-order valence-corrected chi connectivity index (χ4v) is 3.29. The summed E-state index contributed by atoms with van der Waals surface area (Å²) in [6.07, 6.45) is 0. The Labute approximate surface area is 123 Å². The Morgan fingerprint density at radius 2 is 2.17 bits per heavy atom. The number of hydrazine groups is 1. The van der Waals surface area contributed by atoms with E-state index in [2.05, 4.69) is 21.4 Å². The highest BCUT2D eigenvalue weighted by atomic mass is 79.9. The van der Waals surface area contributed by atoms with Gasteiger partial charge in [0, 0.05) is 9.35 Å². The first-order valence-corrected chi connectivity index (χ1v) is 7.19. The van der Waals surface area contributed by atoms with Crippen LogP contribution in [0.2, 0.25) is 4.34 Å². The number of ether oxygens (including phenoxy) is 1. The van der Waals surface area contributed by atoms with Crippen molar-refractivity contribution in [2.45, 2.75) is 6.04 Å². The first-order chi connectivity index (χ1) is 8.65. The molecule has 0 aliphatic heterocycles. The maximum absolute atomic E-state index is 5.96. The zero-order chi connectivity index (χ0) is 13.1. The standard InChI is InChI=1S/C12H12BrClN2OS/c1-17-7-2-3-9(13)8(6-7)12(16-15)10-4-5-11(14)18-10/h2-6,12,16H,15H2,1H3. The molecule has 0 fully saturated rings. The fourth-order valence-electron chi connectivity index (χ4n) is 1.68. The number of nitrogens with one attached hydrogen (secondary N) is 1. The minimum atomic E-state index is -0.119. The predicted molar refractivity (Wildman–Crippen MR) is 79.2 cm³/mol. The molecule has 0 bridgehead atoms. The van der Waals surface area contributed by atoms with Gasteiger partial charge in [-0.15, -0.1) is 11.3 Å². The van der Waals surface area contributed by atoms with Crippen LogP contribution in [-0.4, -0.2) is 7.11 Å². The third kappa shape index (κ3) is 2.87. The first-order valence-electron chi connectivity index (χ1n) is 5.20. The van der Waals surface area contributed by atoms with Crippen molar-refractivity contribution < 1.29 is 4.74 Å². The number of hydrogen-bond acceptors (Lipinski definition) is 4. The molecule has 2 rings (SSSR count). The highest BCUT2D eigenvalue weighted by Crippen LogP contribution is 2.35. The molecule has 6 heteroatoms. The lowest BCUT2D eigenvalue weighted by atomic mass is 10.1. The van der Waals surface area contributed by atoms with E-state index in [1.807, 2.05) is 30.3 Å². The number of benzene rings is 1. The van der Waals surface area contributed by atoms with Crippen LogP contribution in [0.3, 0.4) is 0 Å². The summed E-state index contributed by atoms with van der Waals surface area (Å²) in [6.45, 7) is 0. The molecule has 3 nitrogen and oxygen atoms in total. The maximum Gasteiger partial charge on any atom is 0.119 e. The number of methoxy groups -OCH3 is 1. The molecule has 0 amide bonds. The molecule has 1 aromatic heterocycles. The van der Waals surface area contributed by atoms with Gasteiger partial charge in [-0.2, -0.15) is 0 Å². The van der Waals surface area contributed by atoms with E-state index in [9.17, 15) is 0 Å². The minimum absolute atomic E-state index is 0.119. The van der Waals surface area contributed by atoms with Gasteiger partial charge in [-0.05, 0) is 35.9 Å². The Balaban J connectivity index is 2.44. The van der Waals surface area contributed by atoms with Crippen molar-refractivity contribution in [2.75, 3.05) is 7.11 Å². The third-order valence-corrected chi connectivity index (χ3v) is 4.58. The van der Waals surface area contributed by atoms with Crippen LogP contribution in [-0.2, 0) is 0 Å². The average Bonchev–Trinajstić information content (AvgIpc) is 2.79. The molecule has 2 aromatic rings. The van der Waals surface area contributed by atoms with Crippen molar-refractivity contribution >= 4 is 38.9 Å². The quantitative estimate of drug-likeness (QED) is 0.654. The molecule has 0 spiro atoms. The van der Waals surface area contributed by atoms with Gasteiger partial charge in [-0.3, -0.25) is 5.84 Å². The molecule has 1 atom stereocenters. The summed E-state index contributed by atoms with van der Waals surface area (Å²) in [6, 6.07) is 9.48. The second-order valence-corrected chi connectivity index (χ2v) is 6.23. The van der Waals surface area contributed by atoms with Crippen molar-refractivity contribution in [1.29, 1.82) is 0 Å². The van der Waals surface area contributed by atoms with E-state index in [4.69, 9.17) is 22.2 Å². The molecule has 0 aliphatic carbocycles. The molecular weight excluding hydrogens is 336 g/mol. The van der Waals surface area contributed by atoms with Gasteiger partial charge in [-0.25, -0.2) is 5.43 Å². The van der Waals surface area contributed by atoms with E-state index in [0.717, 1.165) is 25.0 Å². The molecule has 0 radical (unpaired) electrons. The van der Waals surface area contributed by atoms with Gasteiger partial charge < -0.3 is 4.74 Å². The summed E-state index contributed by atoms with van der Waals surface area (Å²) < 4.78 is 6.94. The van der Waals surface area contributed by atoms with E-state index in [-0.39, 0.29) is 6.04 Å². The van der Waals surface area contributed by atoms with Crippen molar-refractivity contribution in [3.63, 3.8) is 0 Å². The van der Waals surface area contributed by atoms with Crippen LogP contribution >= 0.6 is 38.9 Å². The van der Waals surface area contributed by atoms with Crippen LogP contribution in [0, 0.1) is 0 Å². The van der Waals surface area contributed by atoms with Crippen molar-refractivity contribution in [1.82, 2.24) is 5.43 Å². The highest BCUT2D eigenvalue weighted by Gasteiger charge is 2.18. The molecule has 1 unspecified atom stereocenters. The van der Waals surface area contributed by atoms with Gasteiger partial charge in [0.15, 0.2) is 0 Å². The zero-order valence-electron chi connectivity index (χ0n) is 9.61. The maximum atomic E-state index is 5.96. The molecule has 0 aliphatic rings. The van der Waals surface area contributed by atoms with Crippen molar-refractivity contribution in [2.24, 2.45) is 5.84 Å². The summed E-state index contributed by atoms with van der Waals surface area (Å²) in [7, 11) is 1.64. The summed E-state index contributed by atoms with van der Waals surface area (Å²) in [4.78, 5) is 1.05. The Bertz CT molecular complexity index is 547. The number of hydrogen-bond donors (Lipinski definition) is 2. The van der Waals surface area contributed by atoms with E-state index in [0.29, 0.717) is 0 Å². The topological polar surface area (TPSA) is 47.3 Å². The largest absolute Gasteiger partial charge is 0.497 e. The predicted octanol–water partition coefficient (Wildman–Crippen LogP) is 3.73. The van der Waals surface area contributed by atoms with Crippen LogP contribution in [0.1, 0.15) is 16.5 Å². The highest BCUT2D eigenvalue weighted by molar-refractivity contribution is 9.10. The van der Waals surface area contributed by atoms with Crippen molar-refractivity contribution in [3.05, 3.63) is 49.6 Å². The molecule has 3 N–H and O–H groups in total. The van der Waals surface area contributed by atoms with Gasteiger partial charge in [-0.1, -0.05) is 27.5 Å². The van der Waals surface area contributed by atoms with Crippen molar-refractivity contribution in [3.8, 4) is 5.75 Å². The van der Waals surface area contributed by atoms with E-state index >= 15 is 0 Å². The second kappa shape index (κ2) is 6.04. The van der Waals surface area contributed by atoms with Crippen LogP contribution in [0.4, 0.5) is 0 Å². The van der Waals surface area contributed by atoms with Gasteiger partial charge >= 0.3 is 0 Å². The number of rotatable bonds is 4. The summed E-state index contributed by atoms with van der Waals surface area (Å²) in [5, 5.41) is 0. The second-order valence-electron chi connectivity index (χ2n) is 3.63. The molecular formula is C12H12BrClN2OS. The minimum Gasteiger partial charge on any atom is -0.497 e. The Morgan fingerprint density at radius 3 is 2.72 bits per heavy atom. The lowest BCUT2D eigenvalue weighted by Crippen LogP contribution is -2.28. The Hall–Kier alpha value is -0.590. The molecule has 1 heterocycles. The number of thiophene rings is 1. The lowest BCUT2D eigenvalue weighted by molar-refractivity contribution is 0.413. The summed E-state index contributed by atoms with van der Waals surface area (Å²) in [5.41, 5.74) is 3.82.